The monoisotopic (exact) mass is 417 g/mol. The third-order valence-electron chi connectivity index (χ3n) is 2.61. The molecule has 6 nitrogen and oxygen atoms in total. The highest BCUT2D eigenvalue weighted by atomic mass is 15.0. The maximum Gasteiger partial charge on any atom is 0.162 e. The van der Waals surface area contributed by atoms with Crippen molar-refractivity contribution in [3.8, 4) is 0 Å². The van der Waals surface area contributed by atoms with Crippen molar-refractivity contribution < 1.29 is 14.1 Å². The van der Waals surface area contributed by atoms with E-state index >= 15 is 0 Å². The van der Waals surface area contributed by atoms with E-state index in [1.807, 2.05) is 169 Å². The lowest BCUT2D eigenvalue weighted by molar-refractivity contribution is -0.458. The third-order valence-corrected chi connectivity index (χ3v) is 2.61. The van der Waals surface area contributed by atoms with Crippen LogP contribution < -0.4 is 15.6 Å². The molecule has 0 saturated carbocycles. The zero-order valence-corrected chi connectivity index (χ0v) is 20.5. The molecule has 0 amide bonds. The predicted molar refractivity (Wildman–Crippen MR) is 136 cm³/mol. The van der Waals surface area contributed by atoms with Crippen LogP contribution in [0.1, 0.15) is 0 Å². The normalized spacial score (nSPS) is 11.2. The maximum atomic E-state index is 2.90. The van der Waals surface area contributed by atoms with Gasteiger partial charge in [0.25, 0.3) is 0 Å². The Morgan fingerprint density at radius 2 is 1.07 bits per heavy atom. The van der Waals surface area contributed by atoms with Gasteiger partial charge in [0, 0.05) is 46.4 Å². The summed E-state index contributed by atoms with van der Waals surface area (Å²) < 4.78 is 3.99. The topological polar surface area (TPSA) is 47.3 Å². The first kappa shape index (κ1) is 31.5. The Kier molecular flexibility index (Phi) is 29.5. The van der Waals surface area contributed by atoms with E-state index in [0.29, 0.717) is 0 Å². The van der Waals surface area contributed by atoms with Crippen molar-refractivity contribution in [2.24, 2.45) is 0 Å². The standard InChI is InChI=1S/C9H17N2.C8H14N2.C7H12N2/c1-10(2)8-6-5-7-9-11(3)4;1-9-7-5-4-6-8-10(2)3;1-8-6-4-3-5-7-9-2/h5-9H,1-4H3;4-8H,1-3H3;3-8H,1-2H3/q+1;;/p+2/b;;5-3+,6-4+,9-7?. The minimum absolute atomic E-state index is 1.86. The molecule has 0 aromatic heterocycles. The quantitative estimate of drug-likeness (QED) is 0.293. The molecule has 0 aromatic rings. The first-order valence-corrected chi connectivity index (χ1v) is 9.82. The van der Waals surface area contributed by atoms with E-state index in [-0.39, 0.29) is 0 Å². The molecule has 0 aliphatic carbocycles. The maximum absolute atomic E-state index is 2.90. The molecule has 0 saturated heterocycles. The molecule has 0 bridgehead atoms. The SMILES string of the molecule is CN(C)/C=C/C=C/C=[N+](C)C.CN/C=C/C=C/C=[NH+]C.CNC=CC=CC=[N+](C)C. The lowest BCUT2D eigenvalue weighted by Crippen LogP contribution is -2.62. The van der Waals surface area contributed by atoms with Crippen LogP contribution in [0.5, 0.6) is 0 Å². The fourth-order valence-corrected chi connectivity index (χ4v) is 1.31. The minimum atomic E-state index is 1.86. The smallest absolute Gasteiger partial charge is 0.162 e. The van der Waals surface area contributed by atoms with E-state index in [9.17, 15) is 0 Å². The Balaban J connectivity index is -0.000000366. The number of nitrogens with zero attached hydrogens (tertiary/aromatic N) is 3. The largest absolute Gasteiger partial charge is 0.394 e. The highest BCUT2D eigenvalue weighted by Gasteiger charge is 1.74. The highest BCUT2D eigenvalue weighted by Crippen LogP contribution is 1.78. The average molecular weight is 418 g/mol. The van der Waals surface area contributed by atoms with Crippen LogP contribution in [-0.4, -0.2) is 96.1 Å². The lowest BCUT2D eigenvalue weighted by Gasteiger charge is -2.00. The minimum Gasteiger partial charge on any atom is -0.394 e. The summed E-state index contributed by atoms with van der Waals surface area (Å²) in [7, 11) is 17.6. The molecule has 6 heteroatoms. The molecule has 0 aliphatic rings. The van der Waals surface area contributed by atoms with Gasteiger partial charge in [-0.1, -0.05) is 18.2 Å². The van der Waals surface area contributed by atoms with Crippen LogP contribution in [0.4, 0.5) is 0 Å². The zero-order chi connectivity index (χ0) is 23.5. The van der Waals surface area contributed by atoms with Gasteiger partial charge in [0.15, 0.2) is 18.6 Å². The summed E-state index contributed by atoms with van der Waals surface area (Å²) in [6.07, 6.45) is 29.3. The second kappa shape index (κ2) is 28.1. The lowest BCUT2D eigenvalue weighted by atomic mass is 10.5. The van der Waals surface area contributed by atoms with Crippen molar-refractivity contribution in [1.82, 2.24) is 15.5 Å². The van der Waals surface area contributed by atoms with Gasteiger partial charge in [0.2, 0.25) is 0 Å². The molecule has 0 fully saturated rings. The van der Waals surface area contributed by atoms with E-state index in [2.05, 4.69) is 15.6 Å². The fraction of sp³-hybridized carbons (Fsp3) is 0.375. The van der Waals surface area contributed by atoms with Crippen molar-refractivity contribution >= 4 is 18.6 Å². The van der Waals surface area contributed by atoms with Crippen molar-refractivity contribution in [2.75, 3.05) is 63.4 Å². The van der Waals surface area contributed by atoms with Gasteiger partial charge in [0.1, 0.15) is 35.2 Å². The van der Waals surface area contributed by atoms with E-state index in [0.717, 1.165) is 0 Å². The average Bonchev–Trinajstić information content (AvgIpc) is 2.68. The first-order valence-electron chi connectivity index (χ1n) is 9.82. The summed E-state index contributed by atoms with van der Waals surface area (Å²) in [5.74, 6) is 0. The molecule has 30 heavy (non-hydrogen) atoms. The summed E-state index contributed by atoms with van der Waals surface area (Å²) in [4.78, 5) is 4.88. The molecule has 0 spiro atoms. The second-order valence-electron chi connectivity index (χ2n) is 6.44. The van der Waals surface area contributed by atoms with Gasteiger partial charge < -0.3 is 15.5 Å². The summed E-state index contributed by atoms with van der Waals surface area (Å²) in [5.41, 5.74) is 0. The molecule has 0 rings (SSSR count). The van der Waals surface area contributed by atoms with Crippen molar-refractivity contribution in [2.45, 2.75) is 0 Å². The summed E-state index contributed by atoms with van der Waals surface area (Å²) in [6.45, 7) is 0. The number of allylic oxidation sites excluding steroid dienone is 9. The number of hydrogen-bond acceptors (Lipinski definition) is 3. The van der Waals surface area contributed by atoms with Gasteiger partial charge in [-0.15, -0.1) is 0 Å². The highest BCUT2D eigenvalue weighted by molar-refractivity contribution is 5.66. The van der Waals surface area contributed by atoms with Crippen molar-refractivity contribution in [1.29, 1.82) is 0 Å². The van der Waals surface area contributed by atoms with E-state index in [1.54, 1.807) is 0 Å². The molecule has 0 heterocycles. The van der Waals surface area contributed by atoms with Gasteiger partial charge in [-0.3, -0.25) is 4.99 Å². The number of hydrogen-bond donors (Lipinski definition) is 3. The van der Waals surface area contributed by atoms with Crippen LogP contribution in [0.2, 0.25) is 0 Å². The molecule has 3 N–H and O–H groups in total. The number of rotatable bonds is 9. The van der Waals surface area contributed by atoms with Crippen LogP contribution in [-0.2, 0) is 0 Å². The van der Waals surface area contributed by atoms with Gasteiger partial charge >= 0.3 is 0 Å². The van der Waals surface area contributed by atoms with Crippen molar-refractivity contribution in [3.63, 3.8) is 0 Å². The van der Waals surface area contributed by atoms with E-state index < -0.39 is 0 Å². The van der Waals surface area contributed by atoms with Crippen molar-refractivity contribution in [3.05, 3.63) is 73.3 Å². The third kappa shape index (κ3) is 44.4. The molecule has 0 aliphatic heterocycles. The fourth-order valence-electron chi connectivity index (χ4n) is 1.31. The van der Waals surface area contributed by atoms with Crippen LogP contribution in [0.25, 0.3) is 0 Å². The van der Waals surface area contributed by atoms with Gasteiger partial charge in [-0.2, -0.15) is 0 Å². The van der Waals surface area contributed by atoms with Crippen LogP contribution in [0, 0.1) is 0 Å². The second-order valence-corrected chi connectivity index (χ2v) is 6.44. The first-order chi connectivity index (χ1) is 14.3. The van der Waals surface area contributed by atoms with Gasteiger partial charge in [-0.05, 0) is 36.8 Å². The van der Waals surface area contributed by atoms with Gasteiger partial charge in [0.05, 0.1) is 0 Å². The molecular formula is C24H45N6+3. The van der Waals surface area contributed by atoms with Gasteiger partial charge in [-0.25, -0.2) is 9.15 Å². The van der Waals surface area contributed by atoms with Crippen LogP contribution >= 0.6 is 0 Å². The molecule has 168 valence electrons. The Labute approximate surface area is 185 Å². The summed E-state index contributed by atoms with van der Waals surface area (Å²) >= 11 is 0. The summed E-state index contributed by atoms with van der Waals surface area (Å²) in [6, 6.07) is 0. The number of nitrogens with one attached hydrogen (secondary N) is 3. The van der Waals surface area contributed by atoms with Crippen LogP contribution in [0.15, 0.2) is 73.3 Å². The van der Waals surface area contributed by atoms with Crippen LogP contribution in [0.3, 0.4) is 0 Å². The Hall–Kier alpha value is -3.15. The summed E-state index contributed by atoms with van der Waals surface area (Å²) in [5, 5.41) is 5.78. The Bertz CT molecular complexity index is 622. The zero-order valence-electron chi connectivity index (χ0n) is 20.5. The molecular weight excluding hydrogens is 372 g/mol. The van der Waals surface area contributed by atoms with E-state index in [4.69, 9.17) is 0 Å². The Morgan fingerprint density at radius 1 is 0.633 bits per heavy atom. The predicted octanol–water partition coefficient (Wildman–Crippen LogP) is 0.636. The van der Waals surface area contributed by atoms with E-state index in [1.165, 1.54) is 0 Å². The molecule has 0 atom stereocenters. The molecule has 0 unspecified atom stereocenters. The molecule has 0 radical (unpaired) electrons. The molecule has 0 aromatic carbocycles. The Morgan fingerprint density at radius 3 is 1.43 bits per heavy atom.